The molecule has 1 aromatic heterocycles. The molecule has 0 fully saturated rings. The van der Waals surface area contributed by atoms with Gasteiger partial charge in [-0.05, 0) is 19.8 Å². The van der Waals surface area contributed by atoms with E-state index in [2.05, 4.69) is 39.0 Å². The van der Waals surface area contributed by atoms with Gasteiger partial charge in [-0.1, -0.05) is 13.8 Å². The van der Waals surface area contributed by atoms with Crippen molar-refractivity contribution in [1.82, 2.24) is 20.2 Å². The predicted molar refractivity (Wildman–Crippen MR) is 102 cm³/mol. The van der Waals surface area contributed by atoms with Gasteiger partial charge in [0.15, 0.2) is 5.96 Å². The molecule has 1 aromatic rings. The lowest BCUT2D eigenvalue weighted by atomic mass is 10.1. The summed E-state index contributed by atoms with van der Waals surface area (Å²) in [6, 6.07) is 0. The third-order valence-corrected chi connectivity index (χ3v) is 3.24. The molecular weight excluding hydrogens is 393 g/mol. The summed E-state index contributed by atoms with van der Waals surface area (Å²) in [5.41, 5.74) is -0.228. The summed E-state index contributed by atoms with van der Waals surface area (Å²) in [6.07, 6.45) is 3.85. The van der Waals surface area contributed by atoms with Gasteiger partial charge in [-0.3, -0.25) is 4.99 Å². The monoisotopic (exact) mass is 423 g/mol. The molecule has 0 amide bonds. The minimum Gasteiger partial charge on any atom is -0.377 e. The highest BCUT2D eigenvalue weighted by molar-refractivity contribution is 14.0. The van der Waals surface area contributed by atoms with Gasteiger partial charge in [0.2, 0.25) is 0 Å². The van der Waals surface area contributed by atoms with Crippen molar-refractivity contribution >= 4 is 29.9 Å². The first-order valence-corrected chi connectivity index (χ1v) is 7.37. The van der Waals surface area contributed by atoms with Crippen molar-refractivity contribution in [3.63, 3.8) is 0 Å². The van der Waals surface area contributed by atoms with Gasteiger partial charge in [0.1, 0.15) is 5.82 Å². The molecule has 0 saturated heterocycles. The van der Waals surface area contributed by atoms with E-state index in [1.807, 2.05) is 26.2 Å². The minimum absolute atomic E-state index is 0. The van der Waals surface area contributed by atoms with Crippen LogP contribution in [0.2, 0.25) is 0 Å². The second-order valence-corrected chi connectivity index (χ2v) is 6.13. The highest BCUT2D eigenvalue weighted by Crippen LogP contribution is 2.05. The van der Waals surface area contributed by atoms with Crippen molar-refractivity contribution in [3.8, 4) is 0 Å². The lowest BCUT2D eigenvalue weighted by Crippen LogP contribution is -2.45. The second kappa shape index (κ2) is 10.0. The molecule has 0 spiro atoms. The van der Waals surface area contributed by atoms with Crippen molar-refractivity contribution in [2.45, 2.75) is 46.4 Å². The van der Waals surface area contributed by atoms with Crippen LogP contribution in [0.15, 0.2) is 17.4 Å². The van der Waals surface area contributed by atoms with Gasteiger partial charge in [-0.15, -0.1) is 24.0 Å². The second-order valence-electron chi connectivity index (χ2n) is 6.13. The molecule has 0 unspecified atom stereocenters. The SMILES string of the molecule is CN=C(NCc1nccn1CC(C)C)NCC(C)(C)OC.I. The normalized spacial score (nSPS) is 12.2. The summed E-state index contributed by atoms with van der Waals surface area (Å²) in [7, 11) is 3.47. The van der Waals surface area contributed by atoms with E-state index in [0.29, 0.717) is 19.0 Å². The quantitative estimate of drug-likeness (QED) is 0.401. The van der Waals surface area contributed by atoms with Gasteiger partial charge < -0.3 is 19.9 Å². The number of nitrogens with zero attached hydrogens (tertiary/aromatic N) is 3. The number of methoxy groups -OCH3 is 1. The maximum absolute atomic E-state index is 5.38. The van der Waals surface area contributed by atoms with E-state index in [1.165, 1.54) is 0 Å². The van der Waals surface area contributed by atoms with E-state index in [-0.39, 0.29) is 29.6 Å². The molecule has 0 atom stereocenters. The molecular formula is C15H30IN5O. The van der Waals surface area contributed by atoms with Crippen molar-refractivity contribution < 1.29 is 4.74 Å². The van der Waals surface area contributed by atoms with Crippen LogP contribution in [0.5, 0.6) is 0 Å². The van der Waals surface area contributed by atoms with E-state index in [0.717, 1.165) is 18.3 Å². The van der Waals surface area contributed by atoms with Crippen LogP contribution in [-0.2, 0) is 17.8 Å². The zero-order valence-corrected chi connectivity index (χ0v) is 16.8. The first kappa shape index (κ1) is 21.2. The van der Waals surface area contributed by atoms with Crippen LogP contribution < -0.4 is 10.6 Å². The fourth-order valence-corrected chi connectivity index (χ4v) is 1.82. The number of halogens is 1. The molecule has 0 radical (unpaired) electrons. The van der Waals surface area contributed by atoms with Gasteiger partial charge >= 0.3 is 0 Å². The first-order valence-electron chi connectivity index (χ1n) is 7.37. The summed E-state index contributed by atoms with van der Waals surface area (Å²) in [5.74, 6) is 2.36. The zero-order valence-electron chi connectivity index (χ0n) is 14.5. The van der Waals surface area contributed by atoms with Crippen LogP contribution in [0.25, 0.3) is 0 Å². The summed E-state index contributed by atoms with van der Waals surface area (Å²) < 4.78 is 7.55. The lowest BCUT2D eigenvalue weighted by Gasteiger charge is -2.24. The van der Waals surface area contributed by atoms with Crippen LogP contribution in [-0.4, -0.2) is 41.8 Å². The molecule has 1 heterocycles. The summed E-state index contributed by atoms with van der Waals surface area (Å²) >= 11 is 0. The Balaban J connectivity index is 0.00000441. The predicted octanol–water partition coefficient (Wildman–Crippen LogP) is 2.25. The van der Waals surface area contributed by atoms with Crippen molar-refractivity contribution in [2.75, 3.05) is 20.7 Å². The van der Waals surface area contributed by atoms with Crippen LogP contribution in [0.3, 0.4) is 0 Å². The number of hydrogen-bond acceptors (Lipinski definition) is 3. The Bertz CT molecular complexity index is 457. The van der Waals surface area contributed by atoms with Crippen LogP contribution >= 0.6 is 24.0 Å². The number of nitrogens with one attached hydrogen (secondary N) is 2. The number of guanidine groups is 1. The Hall–Kier alpha value is -0.830. The van der Waals surface area contributed by atoms with Crippen molar-refractivity contribution in [3.05, 3.63) is 18.2 Å². The number of ether oxygens (including phenoxy) is 1. The first-order chi connectivity index (χ1) is 9.88. The van der Waals surface area contributed by atoms with E-state index >= 15 is 0 Å². The van der Waals surface area contributed by atoms with E-state index < -0.39 is 0 Å². The molecule has 6 nitrogen and oxygen atoms in total. The summed E-state index contributed by atoms with van der Waals surface area (Å²) in [5, 5.41) is 6.54. The molecule has 0 aromatic carbocycles. The molecule has 0 saturated carbocycles. The average molecular weight is 423 g/mol. The maximum Gasteiger partial charge on any atom is 0.191 e. The topological polar surface area (TPSA) is 63.5 Å². The van der Waals surface area contributed by atoms with E-state index in [9.17, 15) is 0 Å². The average Bonchev–Trinajstić information content (AvgIpc) is 2.85. The maximum atomic E-state index is 5.38. The molecule has 0 aliphatic rings. The third-order valence-electron chi connectivity index (χ3n) is 3.24. The van der Waals surface area contributed by atoms with Gasteiger partial charge in [0, 0.05) is 39.6 Å². The largest absolute Gasteiger partial charge is 0.377 e. The fraction of sp³-hybridized carbons (Fsp3) is 0.733. The Morgan fingerprint density at radius 2 is 2.09 bits per heavy atom. The van der Waals surface area contributed by atoms with Gasteiger partial charge in [0.05, 0.1) is 12.1 Å². The molecule has 128 valence electrons. The van der Waals surface area contributed by atoms with Gasteiger partial charge in [-0.25, -0.2) is 4.98 Å². The smallest absolute Gasteiger partial charge is 0.191 e. The van der Waals surface area contributed by atoms with E-state index in [4.69, 9.17) is 4.74 Å². The Morgan fingerprint density at radius 1 is 1.41 bits per heavy atom. The van der Waals surface area contributed by atoms with Crippen molar-refractivity contribution in [2.24, 2.45) is 10.9 Å². The lowest BCUT2D eigenvalue weighted by molar-refractivity contribution is 0.0268. The highest BCUT2D eigenvalue weighted by atomic mass is 127. The zero-order chi connectivity index (χ0) is 15.9. The number of aromatic nitrogens is 2. The number of imidazole rings is 1. The number of aliphatic imine (C=N–C) groups is 1. The number of hydrogen-bond donors (Lipinski definition) is 2. The minimum atomic E-state index is -0.228. The van der Waals surface area contributed by atoms with E-state index in [1.54, 1.807) is 14.2 Å². The van der Waals surface area contributed by atoms with Crippen LogP contribution in [0.1, 0.15) is 33.5 Å². The molecule has 0 aliphatic carbocycles. The molecule has 0 aliphatic heterocycles. The van der Waals surface area contributed by atoms with Crippen LogP contribution in [0, 0.1) is 5.92 Å². The molecule has 1 rings (SSSR count). The Kier molecular flexibility index (Phi) is 9.66. The number of rotatable bonds is 7. The van der Waals surface area contributed by atoms with Crippen LogP contribution in [0.4, 0.5) is 0 Å². The van der Waals surface area contributed by atoms with Crippen molar-refractivity contribution in [1.29, 1.82) is 0 Å². The van der Waals surface area contributed by atoms with Gasteiger partial charge in [-0.2, -0.15) is 0 Å². The highest BCUT2D eigenvalue weighted by Gasteiger charge is 2.16. The Labute approximate surface area is 151 Å². The molecule has 22 heavy (non-hydrogen) atoms. The molecule has 2 N–H and O–H groups in total. The molecule has 0 bridgehead atoms. The fourth-order valence-electron chi connectivity index (χ4n) is 1.82. The summed E-state index contributed by atoms with van der Waals surface area (Å²) in [6.45, 7) is 10.8. The standard InChI is InChI=1S/C15H29N5O.HI/c1-12(2)10-20-8-7-17-13(20)9-18-14(16-5)19-11-15(3,4)21-6;/h7-8,12H,9-11H2,1-6H3,(H2,16,18,19);1H. The van der Waals surface area contributed by atoms with Gasteiger partial charge in [0.25, 0.3) is 0 Å². The Morgan fingerprint density at radius 3 is 2.64 bits per heavy atom. The molecule has 7 heteroatoms. The third kappa shape index (κ3) is 7.44. The summed E-state index contributed by atoms with van der Waals surface area (Å²) in [4.78, 5) is 8.61.